The molecule has 0 aliphatic rings. The Morgan fingerprint density at radius 1 is 1.42 bits per heavy atom. The minimum atomic E-state index is -1.38. The molecule has 0 rings (SSSR count). The number of aldehydes is 1. The van der Waals surface area contributed by atoms with E-state index in [1.807, 2.05) is 0 Å². The van der Waals surface area contributed by atoms with Gasteiger partial charge >= 0.3 is 0 Å². The van der Waals surface area contributed by atoms with E-state index in [0.717, 1.165) is 0 Å². The lowest BCUT2D eigenvalue weighted by Crippen LogP contribution is -2.55. The van der Waals surface area contributed by atoms with Crippen LogP contribution in [0.5, 0.6) is 0 Å². The summed E-state index contributed by atoms with van der Waals surface area (Å²) in [4.78, 5) is 22.4. The molecule has 0 aromatic rings. The third-order valence-electron chi connectivity index (χ3n) is 2.55. The largest absolute Gasteiger partial charge is 0.391 e. The average molecular weight is 277 g/mol. The lowest BCUT2D eigenvalue weighted by Gasteiger charge is -2.30. The van der Waals surface area contributed by atoms with E-state index in [1.165, 1.54) is 27.9 Å². The summed E-state index contributed by atoms with van der Waals surface area (Å²) in [7, 11) is 1.24. The molecule has 0 aliphatic heterocycles. The Bertz CT molecular complexity index is 299. The topological polar surface area (TPSA) is 116 Å². The second-order valence-corrected chi connectivity index (χ2v) is 5.15. The van der Waals surface area contributed by atoms with Gasteiger partial charge in [0.25, 0.3) is 0 Å². The van der Waals surface area contributed by atoms with Crippen LogP contribution in [0, 0.1) is 0 Å². The number of hydrogen-bond acceptors (Lipinski definition) is 6. The molecule has 19 heavy (non-hydrogen) atoms. The van der Waals surface area contributed by atoms with Crippen molar-refractivity contribution in [1.82, 2.24) is 5.32 Å². The van der Waals surface area contributed by atoms with E-state index in [2.05, 4.69) is 5.32 Å². The van der Waals surface area contributed by atoms with Crippen LogP contribution in [-0.2, 0) is 14.3 Å². The molecule has 0 aromatic heterocycles. The van der Waals surface area contributed by atoms with Gasteiger partial charge in [0.1, 0.15) is 12.2 Å². The zero-order valence-electron chi connectivity index (χ0n) is 11.7. The quantitative estimate of drug-likeness (QED) is 0.405. The maximum Gasteiger partial charge on any atom is 0.223 e. The zero-order chi connectivity index (χ0) is 15.2. The number of amides is 1. The van der Waals surface area contributed by atoms with Crippen LogP contribution in [0.4, 0.5) is 0 Å². The van der Waals surface area contributed by atoms with Crippen molar-refractivity contribution in [2.45, 2.75) is 57.1 Å². The summed E-state index contributed by atoms with van der Waals surface area (Å²) in [6.45, 7) is 4.29. The summed E-state index contributed by atoms with van der Waals surface area (Å²) < 4.78 is 4.75. The van der Waals surface area contributed by atoms with Gasteiger partial charge in [0.05, 0.1) is 24.2 Å². The fourth-order valence-corrected chi connectivity index (χ4v) is 1.60. The fraction of sp³-hybridized carbons (Fsp3) is 0.833. The van der Waals surface area contributed by atoms with Gasteiger partial charge in [0, 0.05) is 7.11 Å². The van der Waals surface area contributed by atoms with E-state index >= 15 is 0 Å². The maximum absolute atomic E-state index is 11.7. The van der Waals surface area contributed by atoms with Crippen LogP contribution in [0.2, 0.25) is 0 Å². The van der Waals surface area contributed by atoms with Crippen LogP contribution in [0.25, 0.3) is 0 Å². The predicted octanol–water partition coefficient (Wildman–Crippen LogP) is -1.41. The minimum Gasteiger partial charge on any atom is -0.391 e. The first-order valence-electron chi connectivity index (χ1n) is 5.98. The van der Waals surface area contributed by atoms with Gasteiger partial charge < -0.3 is 30.2 Å². The van der Waals surface area contributed by atoms with Crippen molar-refractivity contribution in [3.8, 4) is 0 Å². The van der Waals surface area contributed by atoms with Crippen molar-refractivity contribution in [1.29, 1.82) is 0 Å². The predicted molar refractivity (Wildman–Crippen MR) is 67.4 cm³/mol. The van der Waals surface area contributed by atoms with E-state index in [9.17, 15) is 24.9 Å². The number of methoxy groups -OCH3 is 1. The summed E-state index contributed by atoms with van der Waals surface area (Å²) in [6.07, 6.45) is -3.42. The van der Waals surface area contributed by atoms with Gasteiger partial charge in [0.2, 0.25) is 5.91 Å². The molecule has 0 unspecified atom stereocenters. The summed E-state index contributed by atoms with van der Waals surface area (Å²) in [5.41, 5.74) is -1.20. The standard InChI is InChI=1S/C12H23NO6/c1-7(15)10(11(17)8(6-14)19-4)13-9(16)5-12(2,3)18/h6-8,10-11,15,17-18H,5H2,1-4H3,(H,13,16)/t7-,8+,10+,11-/m1/s1. The Morgan fingerprint density at radius 2 is 1.95 bits per heavy atom. The van der Waals surface area contributed by atoms with Crippen molar-refractivity contribution in [2.24, 2.45) is 0 Å². The Hall–Kier alpha value is -1.02. The number of aliphatic hydroxyl groups excluding tert-OH is 2. The molecule has 7 heteroatoms. The molecule has 0 spiro atoms. The first kappa shape index (κ1) is 18.0. The highest BCUT2D eigenvalue weighted by Gasteiger charge is 2.33. The summed E-state index contributed by atoms with van der Waals surface area (Å²) in [5.74, 6) is -0.543. The Balaban J connectivity index is 4.75. The van der Waals surface area contributed by atoms with Crippen molar-refractivity contribution in [3.05, 3.63) is 0 Å². The van der Waals surface area contributed by atoms with Crippen molar-refractivity contribution in [3.63, 3.8) is 0 Å². The number of rotatable bonds is 8. The van der Waals surface area contributed by atoms with E-state index in [1.54, 1.807) is 0 Å². The molecule has 112 valence electrons. The summed E-state index contributed by atoms with van der Waals surface area (Å²) in [6, 6.07) is -1.06. The number of aliphatic hydroxyl groups is 3. The smallest absolute Gasteiger partial charge is 0.223 e. The van der Waals surface area contributed by atoms with E-state index in [-0.39, 0.29) is 6.42 Å². The molecular weight excluding hydrogens is 254 g/mol. The zero-order valence-corrected chi connectivity index (χ0v) is 11.7. The van der Waals surface area contributed by atoms with Crippen LogP contribution < -0.4 is 5.32 Å². The molecule has 0 fully saturated rings. The number of carbonyl (C=O) groups is 2. The maximum atomic E-state index is 11.7. The Labute approximate surface area is 112 Å². The van der Waals surface area contributed by atoms with Gasteiger partial charge in [-0.15, -0.1) is 0 Å². The number of hydrogen-bond donors (Lipinski definition) is 4. The van der Waals surface area contributed by atoms with Crippen molar-refractivity contribution < 1.29 is 29.6 Å². The van der Waals surface area contributed by atoms with Gasteiger partial charge in [-0.3, -0.25) is 4.79 Å². The molecule has 7 nitrogen and oxygen atoms in total. The molecule has 1 amide bonds. The van der Waals surface area contributed by atoms with Gasteiger partial charge in [-0.25, -0.2) is 0 Å². The lowest BCUT2D eigenvalue weighted by molar-refractivity contribution is -0.134. The molecule has 0 aromatic carbocycles. The van der Waals surface area contributed by atoms with Crippen molar-refractivity contribution >= 4 is 12.2 Å². The second-order valence-electron chi connectivity index (χ2n) is 5.15. The van der Waals surface area contributed by atoms with Crippen LogP contribution in [-0.4, -0.2) is 64.6 Å². The SMILES string of the molecule is CO[C@@H](C=O)[C@@H](O)[C@@H](NC(=O)CC(C)(C)O)[C@@H](C)O. The fourth-order valence-electron chi connectivity index (χ4n) is 1.60. The highest BCUT2D eigenvalue weighted by molar-refractivity contribution is 5.77. The Kier molecular flexibility index (Phi) is 7.14. The molecule has 0 bridgehead atoms. The minimum absolute atomic E-state index is 0.193. The summed E-state index contributed by atoms with van der Waals surface area (Å²) >= 11 is 0. The second kappa shape index (κ2) is 7.54. The molecule has 0 radical (unpaired) electrons. The van der Waals surface area contributed by atoms with Gasteiger partial charge in [-0.05, 0) is 20.8 Å². The van der Waals surface area contributed by atoms with E-state index in [0.29, 0.717) is 6.29 Å². The van der Waals surface area contributed by atoms with Gasteiger partial charge in [0.15, 0.2) is 6.29 Å². The number of carbonyl (C=O) groups excluding carboxylic acids is 2. The number of ether oxygens (including phenoxy) is 1. The van der Waals surface area contributed by atoms with Gasteiger partial charge in [-0.1, -0.05) is 0 Å². The average Bonchev–Trinajstić information content (AvgIpc) is 2.24. The first-order valence-corrected chi connectivity index (χ1v) is 5.98. The Morgan fingerprint density at radius 3 is 2.26 bits per heavy atom. The highest BCUT2D eigenvalue weighted by Crippen LogP contribution is 2.10. The third kappa shape index (κ3) is 6.63. The lowest BCUT2D eigenvalue weighted by atomic mass is 9.99. The van der Waals surface area contributed by atoms with Gasteiger partial charge in [-0.2, -0.15) is 0 Å². The van der Waals surface area contributed by atoms with Crippen LogP contribution in [0.3, 0.4) is 0 Å². The molecular formula is C12H23NO6. The normalized spacial score (nSPS) is 18.3. The molecule has 0 saturated heterocycles. The highest BCUT2D eigenvalue weighted by atomic mass is 16.5. The van der Waals surface area contributed by atoms with Crippen LogP contribution in [0.1, 0.15) is 27.2 Å². The summed E-state index contributed by atoms with van der Waals surface area (Å²) in [5, 5.41) is 31.4. The van der Waals surface area contributed by atoms with Crippen LogP contribution in [0.15, 0.2) is 0 Å². The van der Waals surface area contributed by atoms with Crippen LogP contribution >= 0.6 is 0 Å². The third-order valence-corrected chi connectivity index (χ3v) is 2.55. The van der Waals surface area contributed by atoms with E-state index in [4.69, 9.17) is 4.74 Å². The molecule has 4 atom stereocenters. The molecule has 0 heterocycles. The molecule has 0 saturated carbocycles. The van der Waals surface area contributed by atoms with Crippen molar-refractivity contribution in [2.75, 3.05) is 7.11 Å². The first-order chi connectivity index (χ1) is 8.62. The molecule has 0 aliphatic carbocycles. The number of nitrogens with one attached hydrogen (secondary N) is 1. The molecule has 4 N–H and O–H groups in total. The van der Waals surface area contributed by atoms with E-state index < -0.39 is 35.9 Å². The monoisotopic (exact) mass is 277 g/mol.